The largest absolute Gasteiger partial charge is 0.360 e. The van der Waals surface area contributed by atoms with Crippen molar-refractivity contribution in [2.24, 2.45) is 0 Å². The number of urea groups is 1. The molecule has 2 rings (SSSR count). The lowest BCUT2D eigenvalue weighted by molar-refractivity contribution is -0.141. The van der Waals surface area contributed by atoms with Crippen molar-refractivity contribution in [3.05, 3.63) is 36.5 Å². The highest BCUT2D eigenvalue weighted by Crippen LogP contribution is 2.17. The van der Waals surface area contributed by atoms with E-state index in [0.717, 1.165) is 16.6 Å². The number of rotatable bonds is 2. The van der Waals surface area contributed by atoms with Gasteiger partial charge in [0.1, 0.15) is 5.00 Å². The highest BCUT2D eigenvalue weighted by Gasteiger charge is 2.19. The number of hydrogen-bond donors (Lipinski definition) is 1. The molecule has 0 saturated carbocycles. The van der Waals surface area contributed by atoms with Crippen molar-refractivity contribution in [1.29, 1.82) is 0 Å². The zero-order valence-electron chi connectivity index (χ0n) is 9.94. The van der Waals surface area contributed by atoms with Gasteiger partial charge in [-0.25, -0.2) is 9.59 Å². The van der Waals surface area contributed by atoms with Gasteiger partial charge in [0.25, 0.3) is 0 Å². The van der Waals surface area contributed by atoms with Crippen molar-refractivity contribution in [2.75, 3.05) is 10.4 Å². The average molecular weight is 278 g/mol. The molecule has 2 amide bonds. The van der Waals surface area contributed by atoms with Crippen molar-refractivity contribution < 1.29 is 14.4 Å². The summed E-state index contributed by atoms with van der Waals surface area (Å²) in [7, 11) is 0. The maximum atomic E-state index is 12.0. The van der Waals surface area contributed by atoms with E-state index in [0.29, 0.717) is 10.7 Å². The van der Waals surface area contributed by atoms with Crippen LogP contribution in [0.1, 0.15) is 6.92 Å². The Bertz CT molecular complexity index is 559. The van der Waals surface area contributed by atoms with Gasteiger partial charge >= 0.3 is 12.0 Å². The predicted octanol–water partition coefficient (Wildman–Crippen LogP) is 2.05. The van der Waals surface area contributed by atoms with E-state index >= 15 is 0 Å². The average Bonchev–Trinajstić information content (AvgIpc) is 2.89. The molecule has 0 atom stereocenters. The van der Waals surface area contributed by atoms with Gasteiger partial charge in [0.2, 0.25) is 0 Å². The van der Waals surface area contributed by atoms with Crippen molar-refractivity contribution in [1.82, 2.24) is 9.59 Å². The Labute approximate surface area is 112 Å². The van der Waals surface area contributed by atoms with E-state index in [-0.39, 0.29) is 0 Å². The molecule has 0 bridgehead atoms. The highest BCUT2D eigenvalue weighted by molar-refractivity contribution is 7.10. The summed E-state index contributed by atoms with van der Waals surface area (Å²) in [6.07, 6.45) is 1.40. The molecule has 0 aliphatic carbocycles. The zero-order valence-corrected chi connectivity index (χ0v) is 10.8. The normalized spacial score (nSPS) is 9.74. The SMILES string of the molecule is CC(=O)ON(C(=O)Nc1cnns1)c1ccccc1. The molecular weight excluding hydrogens is 268 g/mol. The number of carbonyl (C=O) groups excluding carboxylic acids is 2. The number of hydrogen-bond acceptors (Lipinski definition) is 6. The van der Waals surface area contributed by atoms with Gasteiger partial charge in [0, 0.05) is 18.5 Å². The molecule has 8 heteroatoms. The number of nitrogens with one attached hydrogen (secondary N) is 1. The number of carbonyl (C=O) groups is 2. The molecule has 1 aromatic heterocycles. The highest BCUT2D eigenvalue weighted by atomic mass is 32.1. The summed E-state index contributed by atoms with van der Waals surface area (Å²) in [5, 5.41) is 7.46. The van der Waals surface area contributed by atoms with E-state index in [9.17, 15) is 9.59 Å². The number of anilines is 2. The van der Waals surface area contributed by atoms with Crippen LogP contribution in [0.2, 0.25) is 0 Å². The van der Waals surface area contributed by atoms with Crippen LogP contribution in [-0.4, -0.2) is 21.6 Å². The molecule has 7 nitrogen and oxygen atoms in total. The van der Waals surface area contributed by atoms with Crippen LogP contribution in [0.5, 0.6) is 0 Å². The molecule has 98 valence electrons. The van der Waals surface area contributed by atoms with Gasteiger partial charge in [-0.3, -0.25) is 5.32 Å². The van der Waals surface area contributed by atoms with Crippen LogP contribution in [0.3, 0.4) is 0 Å². The summed E-state index contributed by atoms with van der Waals surface area (Å²) in [6, 6.07) is 7.94. The summed E-state index contributed by atoms with van der Waals surface area (Å²) in [5.74, 6) is -0.596. The first kappa shape index (κ1) is 13.0. The molecule has 0 aliphatic heterocycles. The number of aromatic nitrogens is 2. The van der Waals surface area contributed by atoms with Crippen molar-refractivity contribution in [2.45, 2.75) is 6.92 Å². The fraction of sp³-hybridized carbons (Fsp3) is 0.0909. The van der Waals surface area contributed by atoms with Crippen molar-refractivity contribution in [3.8, 4) is 0 Å². The van der Waals surface area contributed by atoms with Gasteiger partial charge in [0.05, 0.1) is 11.9 Å². The quantitative estimate of drug-likeness (QED) is 0.850. The summed E-state index contributed by atoms with van der Waals surface area (Å²) in [6.45, 7) is 1.22. The van der Waals surface area contributed by atoms with E-state index < -0.39 is 12.0 Å². The van der Waals surface area contributed by atoms with Gasteiger partial charge in [-0.1, -0.05) is 22.7 Å². The second kappa shape index (κ2) is 5.91. The number of benzene rings is 1. The molecule has 1 N–H and O–H groups in total. The van der Waals surface area contributed by atoms with Crippen LogP contribution >= 0.6 is 11.5 Å². The monoisotopic (exact) mass is 278 g/mol. The zero-order chi connectivity index (χ0) is 13.7. The predicted molar refractivity (Wildman–Crippen MR) is 69.6 cm³/mol. The minimum absolute atomic E-state index is 0.438. The summed E-state index contributed by atoms with van der Waals surface area (Å²) >= 11 is 1.02. The van der Waals surface area contributed by atoms with Gasteiger partial charge < -0.3 is 4.84 Å². The molecule has 0 aliphatic rings. The van der Waals surface area contributed by atoms with Crippen LogP contribution in [0.15, 0.2) is 36.5 Å². The van der Waals surface area contributed by atoms with E-state index in [1.165, 1.54) is 13.1 Å². The molecule has 0 radical (unpaired) electrons. The fourth-order valence-electron chi connectivity index (χ4n) is 1.28. The first-order valence-electron chi connectivity index (χ1n) is 5.29. The molecule has 0 fully saturated rings. The van der Waals surface area contributed by atoms with Crippen molar-refractivity contribution >= 4 is 34.2 Å². The smallest absolute Gasteiger partial charge is 0.332 e. The first-order valence-corrected chi connectivity index (χ1v) is 6.06. The summed E-state index contributed by atoms with van der Waals surface area (Å²) in [5.41, 5.74) is 0.438. The fourth-order valence-corrected chi connectivity index (χ4v) is 1.69. The van der Waals surface area contributed by atoms with Crippen LogP contribution in [0, 0.1) is 0 Å². The van der Waals surface area contributed by atoms with E-state index in [4.69, 9.17) is 4.84 Å². The second-order valence-electron chi connectivity index (χ2n) is 3.42. The number of para-hydroxylation sites is 1. The van der Waals surface area contributed by atoms with E-state index in [1.807, 2.05) is 0 Å². The third-order valence-corrected chi connectivity index (χ3v) is 2.57. The molecule has 1 heterocycles. The lowest BCUT2D eigenvalue weighted by Crippen LogP contribution is -2.36. The molecule has 2 aromatic rings. The standard InChI is InChI=1S/C11H10N4O3S/c1-8(16)18-15(9-5-3-2-4-6-9)11(17)13-10-7-12-14-19-10/h2-7H,1H3,(H,13,17). The molecule has 1 aromatic carbocycles. The van der Waals surface area contributed by atoms with Crippen LogP contribution in [0.25, 0.3) is 0 Å². The Morgan fingerprint density at radius 3 is 2.63 bits per heavy atom. The Morgan fingerprint density at radius 1 is 1.32 bits per heavy atom. The lowest BCUT2D eigenvalue weighted by atomic mass is 10.3. The topological polar surface area (TPSA) is 84.4 Å². The minimum Gasteiger partial charge on any atom is -0.332 e. The van der Waals surface area contributed by atoms with Crippen LogP contribution in [-0.2, 0) is 9.63 Å². The number of amides is 2. The Balaban J connectivity index is 2.18. The van der Waals surface area contributed by atoms with Gasteiger partial charge in [-0.2, -0.15) is 0 Å². The van der Waals surface area contributed by atoms with Crippen molar-refractivity contribution in [3.63, 3.8) is 0 Å². The van der Waals surface area contributed by atoms with E-state index in [2.05, 4.69) is 14.9 Å². The molecule has 19 heavy (non-hydrogen) atoms. The molecule has 0 saturated heterocycles. The van der Waals surface area contributed by atoms with Gasteiger partial charge in [0.15, 0.2) is 0 Å². The third kappa shape index (κ3) is 3.49. The summed E-state index contributed by atoms with van der Waals surface area (Å²) in [4.78, 5) is 28.0. The summed E-state index contributed by atoms with van der Waals surface area (Å²) < 4.78 is 3.62. The Hall–Kier alpha value is -2.48. The second-order valence-corrected chi connectivity index (χ2v) is 4.21. The first-order chi connectivity index (χ1) is 9.16. The third-order valence-electron chi connectivity index (χ3n) is 1.99. The van der Waals surface area contributed by atoms with Crippen LogP contribution in [0.4, 0.5) is 15.5 Å². The minimum atomic E-state index is -0.604. The maximum Gasteiger partial charge on any atom is 0.360 e. The maximum absolute atomic E-state index is 12.0. The Kier molecular flexibility index (Phi) is 4.04. The number of nitrogens with zero attached hydrogens (tertiary/aromatic N) is 3. The molecular formula is C11H10N4O3S. The Morgan fingerprint density at radius 2 is 2.05 bits per heavy atom. The molecule has 0 spiro atoms. The molecule has 0 unspecified atom stereocenters. The van der Waals surface area contributed by atoms with Crippen LogP contribution < -0.4 is 10.4 Å². The lowest BCUT2D eigenvalue weighted by Gasteiger charge is -2.19. The van der Waals surface area contributed by atoms with E-state index in [1.54, 1.807) is 30.3 Å². The van der Waals surface area contributed by atoms with Gasteiger partial charge in [-0.15, -0.1) is 10.2 Å². The van der Waals surface area contributed by atoms with Gasteiger partial charge in [-0.05, 0) is 12.1 Å². The number of hydroxylamine groups is 1.